The lowest BCUT2D eigenvalue weighted by atomic mass is 10.2. The highest BCUT2D eigenvalue weighted by Crippen LogP contribution is 2.02. The number of carbonyl (C=O) groups excluding carboxylic acids is 1. The number of carbonyl (C=O) groups is 1. The van der Waals surface area contributed by atoms with Gasteiger partial charge in [-0.3, -0.25) is 4.79 Å². The van der Waals surface area contributed by atoms with Crippen LogP contribution in [0.1, 0.15) is 13.3 Å². The molecule has 0 saturated carbocycles. The van der Waals surface area contributed by atoms with Gasteiger partial charge >= 0.3 is 0 Å². The molecular weight excluding hydrogens is 206 g/mol. The Balaban J connectivity index is 2.32. The smallest absolute Gasteiger partial charge is 0.251 e. The summed E-state index contributed by atoms with van der Waals surface area (Å²) in [6.45, 7) is 3.36. The highest BCUT2D eigenvalue weighted by atomic mass is 35.5. The minimum atomic E-state index is -0.471. The van der Waals surface area contributed by atoms with Crippen LogP contribution in [0.2, 0.25) is 0 Å². The van der Waals surface area contributed by atoms with E-state index in [1.54, 1.807) is 0 Å². The Hall–Kier alpha value is -0.320. The molecule has 1 saturated heterocycles. The van der Waals surface area contributed by atoms with E-state index < -0.39 is 6.10 Å². The van der Waals surface area contributed by atoms with Crippen LogP contribution in [-0.2, 0) is 14.3 Å². The van der Waals surface area contributed by atoms with Crippen molar-refractivity contribution >= 4 is 17.5 Å². The second-order valence-electron chi connectivity index (χ2n) is 3.20. The first-order valence-electron chi connectivity index (χ1n) is 4.83. The first kappa shape index (κ1) is 11.8. The highest BCUT2D eigenvalue weighted by molar-refractivity contribution is 6.18. The summed E-state index contributed by atoms with van der Waals surface area (Å²) in [5.74, 6) is 0.299. The molecule has 0 aromatic rings. The van der Waals surface area contributed by atoms with E-state index in [-0.39, 0.29) is 11.9 Å². The largest absolute Gasteiger partial charge is 0.376 e. The first-order chi connectivity index (χ1) is 6.77. The topological polar surface area (TPSA) is 47.6 Å². The Bertz CT molecular complexity index is 179. The minimum Gasteiger partial charge on any atom is -0.376 e. The highest BCUT2D eigenvalue weighted by Gasteiger charge is 2.23. The molecule has 4 nitrogen and oxygen atoms in total. The number of hydrogen-bond acceptors (Lipinski definition) is 3. The van der Waals surface area contributed by atoms with Crippen molar-refractivity contribution in [3.8, 4) is 0 Å². The van der Waals surface area contributed by atoms with Crippen LogP contribution in [0, 0.1) is 0 Å². The van der Waals surface area contributed by atoms with Gasteiger partial charge in [-0.1, -0.05) is 6.92 Å². The van der Waals surface area contributed by atoms with E-state index in [0.717, 1.165) is 6.42 Å². The summed E-state index contributed by atoms with van der Waals surface area (Å²) in [6.07, 6.45) is 0.351. The average Bonchev–Trinajstić information content (AvgIpc) is 2.26. The molecule has 0 spiro atoms. The molecule has 1 aliphatic heterocycles. The fraction of sp³-hybridized carbons (Fsp3) is 0.889. The lowest BCUT2D eigenvalue weighted by Gasteiger charge is -2.24. The van der Waals surface area contributed by atoms with E-state index >= 15 is 0 Å². The van der Waals surface area contributed by atoms with Crippen molar-refractivity contribution in [3.63, 3.8) is 0 Å². The monoisotopic (exact) mass is 221 g/mol. The summed E-state index contributed by atoms with van der Waals surface area (Å²) < 4.78 is 10.4. The molecule has 82 valence electrons. The van der Waals surface area contributed by atoms with Crippen LogP contribution in [0.3, 0.4) is 0 Å². The molecule has 1 amide bonds. The molecule has 2 unspecified atom stereocenters. The zero-order chi connectivity index (χ0) is 10.4. The molecule has 1 fully saturated rings. The Labute approximate surface area is 88.9 Å². The second-order valence-corrected chi connectivity index (χ2v) is 3.51. The zero-order valence-corrected chi connectivity index (χ0v) is 9.05. The Morgan fingerprint density at radius 2 is 2.43 bits per heavy atom. The molecular formula is C9H16ClNO3. The van der Waals surface area contributed by atoms with Crippen molar-refractivity contribution in [2.45, 2.75) is 25.5 Å². The molecule has 1 N–H and O–H groups in total. The second kappa shape index (κ2) is 6.22. The SMILES string of the molecule is CCC(CCl)NC(=O)C1COCCO1. The number of rotatable bonds is 4. The van der Waals surface area contributed by atoms with Crippen molar-refractivity contribution in [3.05, 3.63) is 0 Å². The van der Waals surface area contributed by atoms with Gasteiger partial charge in [0.1, 0.15) is 0 Å². The Morgan fingerprint density at radius 1 is 1.64 bits per heavy atom. The predicted octanol–water partition coefficient (Wildman–Crippen LogP) is 0.535. The van der Waals surface area contributed by atoms with E-state index in [1.807, 2.05) is 6.92 Å². The predicted molar refractivity (Wildman–Crippen MR) is 53.5 cm³/mol. The van der Waals surface area contributed by atoms with Crippen LogP contribution in [0.5, 0.6) is 0 Å². The van der Waals surface area contributed by atoms with Gasteiger partial charge in [0, 0.05) is 11.9 Å². The number of halogens is 1. The molecule has 14 heavy (non-hydrogen) atoms. The summed E-state index contributed by atoms with van der Waals surface area (Å²) >= 11 is 5.66. The van der Waals surface area contributed by atoms with Crippen molar-refractivity contribution in [1.29, 1.82) is 0 Å². The average molecular weight is 222 g/mol. The van der Waals surface area contributed by atoms with E-state index in [2.05, 4.69) is 5.32 Å². The van der Waals surface area contributed by atoms with Crippen LogP contribution in [0.4, 0.5) is 0 Å². The van der Waals surface area contributed by atoms with Crippen LogP contribution in [-0.4, -0.2) is 43.8 Å². The molecule has 2 atom stereocenters. The Kier molecular flexibility index (Phi) is 5.22. The van der Waals surface area contributed by atoms with E-state index in [4.69, 9.17) is 21.1 Å². The zero-order valence-electron chi connectivity index (χ0n) is 8.29. The molecule has 0 radical (unpaired) electrons. The van der Waals surface area contributed by atoms with Crippen molar-refractivity contribution < 1.29 is 14.3 Å². The van der Waals surface area contributed by atoms with Crippen molar-refractivity contribution in [1.82, 2.24) is 5.32 Å². The van der Waals surface area contributed by atoms with Gasteiger partial charge in [0.25, 0.3) is 5.91 Å². The maximum atomic E-state index is 11.6. The van der Waals surface area contributed by atoms with Crippen LogP contribution < -0.4 is 5.32 Å². The van der Waals surface area contributed by atoms with Gasteiger partial charge in [-0.25, -0.2) is 0 Å². The van der Waals surface area contributed by atoms with E-state index in [1.165, 1.54) is 0 Å². The lowest BCUT2D eigenvalue weighted by Crippen LogP contribution is -2.47. The minimum absolute atomic E-state index is 0.0229. The van der Waals surface area contributed by atoms with Crippen molar-refractivity contribution in [2.75, 3.05) is 25.7 Å². The number of ether oxygens (including phenoxy) is 2. The molecule has 5 heteroatoms. The van der Waals surface area contributed by atoms with Gasteiger partial charge in [-0.05, 0) is 6.42 Å². The van der Waals surface area contributed by atoms with Gasteiger partial charge in [-0.15, -0.1) is 11.6 Å². The summed E-state index contributed by atoms with van der Waals surface area (Å²) in [6, 6.07) is 0.0229. The molecule has 0 aliphatic carbocycles. The van der Waals surface area contributed by atoms with Gasteiger partial charge < -0.3 is 14.8 Å². The third kappa shape index (κ3) is 3.44. The third-order valence-electron chi connectivity index (χ3n) is 2.13. The quantitative estimate of drug-likeness (QED) is 0.705. The molecule has 1 heterocycles. The third-order valence-corrected chi connectivity index (χ3v) is 2.51. The number of amides is 1. The van der Waals surface area contributed by atoms with Crippen LogP contribution >= 0.6 is 11.6 Å². The summed E-state index contributed by atoms with van der Waals surface area (Å²) in [4.78, 5) is 11.6. The van der Waals surface area contributed by atoms with Gasteiger partial charge in [0.15, 0.2) is 6.10 Å². The first-order valence-corrected chi connectivity index (χ1v) is 5.37. The maximum absolute atomic E-state index is 11.6. The summed E-state index contributed by atoms with van der Waals surface area (Å²) in [5, 5.41) is 2.81. The molecule has 1 rings (SSSR count). The fourth-order valence-electron chi connectivity index (χ4n) is 1.18. The van der Waals surface area contributed by atoms with E-state index in [0.29, 0.717) is 25.7 Å². The molecule has 1 aliphatic rings. The summed E-state index contributed by atoms with van der Waals surface area (Å²) in [7, 11) is 0. The number of hydrogen-bond donors (Lipinski definition) is 1. The maximum Gasteiger partial charge on any atom is 0.251 e. The van der Waals surface area contributed by atoms with Gasteiger partial charge in [0.2, 0.25) is 0 Å². The summed E-state index contributed by atoms with van der Waals surface area (Å²) in [5.41, 5.74) is 0. The van der Waals surface area contributed by atoms with Gasteiger partial charge in [-0.2, -0.15) is 0 Å². The van der Waals surface area contributed by atoms with Crippen molar-refractivity contribution in [2.24, 2.45) is 0 Å². The van der Waals surface area contributed by atoms with E-state index in [9.17, 15) is 4.79 Å². The van der Waals surface area contributed by atoms with Crippen LogP contribution in [0.15, 0.2) is 0 Å². The standard InChI is InChI=1S/C9H16ClNO3/c1-2-7(5-10)11-9(12)8-6-13-3-4-14-8/h7-8H,2-6H2,1H3,(H,11,12). The molecule has 0 bridgehead atoms. The molecule has 0 aromatic carbocycles. The normalized spacial score (nSPS) is 24.3. The molecule has 0 aromatic heterocycles. The Morgan fingerprint density at radius 3 is 2.93 bits per heavy atom. The van der Waals surface area contributed by atoms with Crippen LogP contribution in [0.25, 0.3) is 0 Å². The van der Waals surface area contributed by atoms with Gasteiger partial charge in [0.05, 0.1) is 19.8 Å². The number of alkyl halides is 1. The number of nitrogens with one attached hydrogen (secondary N) is 1. The fourth-order valence-corrected chi connectivity index (χ4v) is 1.48. The lowest BCUT2D eigenvalue weighted by molar-refractivity contribution is -0.148.